The highest BCUT2D eigenvalue weighted by Crippen LogP contribution is 2.55. The van der Waals surface area contributed by atoms with Crippen molar-refractivity contribution >= 4 is 0 Å². The topological polar surface area (TPSA) is 20.2 Å². The van der Waals surface area contributed by atoms with Gasteiger partial charge in [-0.05, 0) is 43.7 Å². The van der Waals surface area contributed by atoms with Crippen molar-refractivity contribution in [2.24, 2.45) is 5.41 Å². The molecule has 0 aromatic heterocycles. The fraction of sp³-hybridized carbons (Fsp3) is 0.600. The van der Waals surface area contributed by atoms with Crippen molar-refractivity contribution in [2.45, 2.75) is 52.6 Å². The third-order valence-corrected chi connectivity index (χ3v) is 4.59. The first-order chi connectivity index (χ1) is 7.49. The molecule has 1 N–H and O–H groups in total. The molecule has 2 rings (SSSR count). The number of rotatable bonds is 2. The molecular formula is C15H22O. The molecule has 1 aromatic carbocycles. The highest BCUT2D eigenvalue weighted by molar-refractivity contribution is 5.37. The molecule has 3 atom stereocenters. The molecule has 0 aliphatic heterocycles. The van der Waals surface area contributed by atoms with Crippen molar-refractivity contribution in [3.8, 4) is 0 Å². The molecular weight excluding hydrogens is 196 g/mol. The highest BCUT2D eigenvalue weighted by Gasteiger charge is 2.50. The van der Waals surface area contributed by atoms with Gasteiger partial charge in [-0.15, -0.1) is 0 Å². The molecule has 16 heavy (non-hydrogen) atoms. The Morgan fingerprint density at radius 2 is 2.06 bits per heavy atom. The summed E-state index contributed by atoms with van der Waals surface area (Å²) in [6.07, 6.45) is 1.85. The van der Waals surface area contributed by atoms with E-state index >= 15 is 0 Å². The second-order valence-electron chi connectivity index (χ2n) is 5.52. The van der Waals surface area contributed by atoms with Crippen LogP contribution in [0.2, 0.25) is 0 Å². The first-order valence-electron chi connectivity index (χ1n) is 6.24. The maximum Gasteiger partial charge on any atom is 0.0605 e. The van der Waals surface area contributed by atoms with Crippen molar-refractivity contribution in [1.82, 2.24) is 0 Å². The Morgan fingerprint density at radius 3 is 2.62 bits per heavy atom. The van der Waals surface area contributed by atoms with Crippen molar-refractivity contribution in [3.63, 3.8) is 0 Å². The molecule has 3 unspecified atom stereocenters. The molecule has 1 aromatic rings. The van der Waals surface area contributed by atoms with Gasteiger partial charge in [-0.1, -0.05) is 37.6 Å². The van der Waals surface area contributed by atoms with Crippen LogP contribution >= 0.6 is 0 Å². The summed E-state index contributed by atoms with van der Waals surface area (Å²) in [5, 5.41) is 9.96. The number of aliphatic hydroxyl groups excluding tert-OH is 1. The van der Waals surface area contributed by atoms with Crippen LogP contribution in [-0.2, 0) is 0 Å². The first kappa shape index (κ1) is 11.7. The van der Waals surface area contributed by atoms with Crippen LogP contribution < -0.4 is 0 Å². The van der Waals surface area contributed by atoms with E-state index in [4.69, 9.17) is 0 Å². The van der Waals surface area contributed by atoms with Crippen LogP contribution in [-0.4, -0.2) is 11.2 Å². The van der Waals surface area contributed by atoms with E-state index in [-0.39, 0.29) is 11.5 Å². The molecule has 0 radical (unpaired) electrons. The zero-order valence-electron chi connectivity index (χ0n) is 10.7. The van der Waals surface area contributed by atoms with Gasteiger partial charge in [0.05, 0.1) is 6.10 Å². The van der Waals surface area contributed by atoms with E-state index in [9.17, 15) is 5.11 Å². The predicted molar refractivity (Wildman–Crippen MR) is 67.7 cm³/mol. The quantitative estimate of drug-likeness (QED) is 0.804. The van der Waals surface area contributed by atoms with Gasteiger partial charge in [-0.3, -0.25) is 0 Å². The van der Waals surface area contributed by atoms with Gasteiger partial charge in [-0.25, -0.2) is 0 Å². The Hall–Kier alpha value is -0.820. The second-order valence-corrected chi connectivity index (χ2v) is 5.52. The monoisotopic (exact) mass is 218 g/mol. The van der Waals surface area contributed by atoms with Crippen LogP contribution in [0.5, 0.6) is 0 Å². The molecule has 0 amide bonds. The Balaban J connectivity index is 2.36. The molecule has 88 valence electrons. The van der Waals surface area contributed by atoms with Crippen LogP contribution in [0.1, 0.15) is 49.3 Å². The van der Waals surface area contributed by atoms with Crippen LogP contribution in [0.15, 0.2) is 18.2 Å². The van der Waals surface area contributed by atoms with Crippen molar-refractivity contribution in [3.05, 3.63) is 34.9 Å². The fourth-order valence-electron chi connectivity index (χ4n) is 2.93. The smallest absolute Gasteiger partial charge is 0.0605 e. The third-order valence-electron chi connectivity index (χ3n) is 4.59. The van der Waals surface area contributed by atoms with Gasteiger partial charge in [0, 0.05) is 5.41 Å². The molecule has 1 heteroatoms. The average molecular weight is 218 g/mol. The minimum Gasteiger partial charge on any atom is -0.393 e. The Labute approximate surface area is 98.5 Å². The van der Waals surface area contributed by atoms with Crippen molar-refractivity contribution < 1.29 is 5.11 Å². The minimum atomic E-state index is -0.123. The molecule has 1 aliphatic rings. The van der Waals surface area contributed by atoms with Gasteiger partial charge in [0.1, 0.15) is 0 Å². The number of benzene rings is 1. The lowest BCUT2D eigenvalue weighted by atomic mass is 9.55. The van der Waals surface area contributed by atoms with Crippen LogP contribution in [0.25, 0.3) is 0 Å². The first-order valence-corrected chi connectivity index (χ1v) is 6.24. The van der Waals surface area contributed by atoms with Gasteiger partial charge in [0.25, 0.3) is 0 Å². The molecule has 1 aliphatic carbocycles. The summed E-state index contributed by atoms with van der Waals surface area (Å²) in [6.45, 7) is 8.71. The maximum absolute atomic E-state index is 9.96. The molecule has 1 nitrogen and oxygen atoms in total. The predicted octanol–water partition coefficient (Wildman–Crippen LogP) is 3.57. The summed E-state index contributed by atoms with van der Waals surface area (Å²) in [5.74, 6) is 0.535. The van der Waals surface area contributed by atoms with Gasteiger partial charge in [-0.2, -0.15) is 0 Å². The van der Waals surface area contributed by atoms with E-state index in [0.717, 1.165) is 12.8 Å². The average Bonchev–Trinajstić information content (AvgIpc) is 2.28. The lowest BCUT2D eigenvalue weighted by Gasteiger charge is -2.52. The number of hydrogen-bond donors (Lipinski definition) is 1. The fourth-order valence-corrected chi connectivity index (χ4v) is 2.93. The van der Waals surface area contributed by atoms with Crippen LogP contribution in [0.3, 0.4) is 0 Å². The summed E-state index contributed by atoms with van der Waals surface area (Å²) in [6, 6.07) is 6.66. The Kier molecular flexibility index (Phi) is 2.83. The highest BCUT2D eigenvalue weighted by atomic mass is 16.3. The number of aliphatic hydroxyl groups is 1. The Morgan fingerprint density at radius 1 is 1.38 bits per heavy atom. The zero-order valence-corrected chi connectivity index (χ0v) is 10.7. The lowest BCUT2D eigenvalue weighted by Crippen LogP contribution is -2.49. The van der Waals surface area contributed by atoms with Crippen LogP contribution in [0.4, 0.5) is 0 Å². The van der Waals surface area contributed by atoms with Gasteiger partial charge in [0.15, 0.2) is 0 Å². The molecule has 1 saturated carbocycles. The summed E-state index contributed by atoms with van der Waals surface area (Å²) >= 11 is 0. The largest absolute Gasteiger partial charge is 0.393 e. The van der Waals surface area contributed by atoms with E-state index in [0.29, 0.717) is 5.92 Å². The van der Waals surface area contributed by atoms with E-state index in [1.165, 1.54) is 16.7 Å². The molecule has 1 fully saturated rings. The van der Waals surface area contributed by atoms with Crippen LogP contribution in [0, 0.1) is 19.3 Å². The van der Waals surface area contributed by atoms with Crippen molar-refractivity contribution in [1.29, 1.82) is 0 Å². The number of hydrogen-bond acceptors (Lipinski definition) is 1. The number of aryl methyl sites for hydroxylation is 2. The normalized spacial score (nSPS) is 33.6. The summed E-state index contributed by atoms with van der Waals surface area (Å²) in [5.41, 5.74) is 4.20. The zero-order chi connectivity index (χ0) is 11.9. The molecule has 0 bridgehead atoms. The molecule has 0 spiro atoms. The standard InChI is InChI=1S/C15H22O/c1-5-15(4)13(9-14(15)16)12-8-10(2)6-7-11(12)3/h6-8,13-14,16H,5,9H2,1-4H3. The maximum atomic E-state index is 9.96. The van der Waals surface area contributed by atoms with E-state index in [2.05, 4.69) is 45.9 Å². The summed E-state index contributed by atoms with van der Waals surface area (Å²) in [7, 11) is 0. The lowest BCUT2D eigenvalue weighted by molar-refractivity contribution is -0.0779. The Bertz CT molecular complexity index is 396. The summed E-state index contributed by atoms with van der Waals surface area (Å²) in [4.78, 5) is 0. The third kappa shape index (κ3) is 1.58. The SMILES string of the molecule is CCC1(C)C(O)CC1c1cc(C)ccc1C. The van der Waals surface area contributed by atoms with Gasteiger partial charge in [0.2, 0.25) is 0 Å². The van der Waals surface area contributed by atoms with E-state index in [1.54, 1.807) is 0 Å². The van der Waals surface area contributed by atoms with E-state index in [1.807, 2.05) is 0 Å². The molecule has 0 heterocycles. The second kappa shape index (κ2) is 3.89. The van der Waals surface area contributed by atoms with Gasteiger partial charge < -0.3 is 5.11 Å². The molecule has 0 saturated heterocycles. The minimum absolute atomic E-state index is 0.0819. The van der Waals surface area contributed by atoms with E-state index < -0.39 is 0 Å². The van der Waals surface area contributed by atoms with Crippen molar-refractivity contribution in [2.75, 3.05) is 0 Å². The van der Waals surface area contributed by atoms with Gasteiger partial charge >= 0.3 is 0 Å². The summed E-state index contributed by atoms with van der Waals surface area (Å²) < 4.78 is 0.